The van der Waals surface area contributed by atoms with Gasteiger partial charge in [-0.15, -0.1) is 0 Å². The summed E-state index contributed by atoms with van der Waals surface area (Å²) >= 11 is 12.0. The Balaban J connectivity index is 1.27. The Morgan fingerprint density at radius 1 is 1.10 bits per heavy atom. The van der Waals surface area contributed by atoms with Crippen LogP contribution in [0, 0.1) is 5.92 Å². The standard InChI is InChI=1S/C23H21Cl2N3O3/c24-17-4-6-18(7-5-17)31-20-3-1-2-19(12-20)30-15-16-9-11-28(14-16)23(29)27-22-13-26-10-8-21(22)25/h1-8,10,12-13,16H,9,11,14-15H2,(H,27,29). The molecule has 0 bridgehead atoms. The van der Waals surface area contributed by atoms with Crippen molar-refractivity contribution >= 4 is 34.9 Å². The first-order chi connectivity index (χ1) is 15.1. The largest absolute Gasteiger partial charge is 0.493 e. The molecule has 1 fully saturated rings. The van der Waals surface area contributed by atoms with E-state index < -0.39 is 0 Å². The van der Waals surface area contributed by atoms with Crippen LogP contribution < -0.4 is 14.8 Å². The van der Waals surface area contributed by atoms with Crippen molar-refractivity contribution in [2.45, 2.75) is 6.42 Å². The predicted octanol–water partition coefficient (Wildman–Crippen LogP) is 6.11. The third kappa shape index (κ3) is 5.81. The van der Waals surface area contributed by atoms with Gasteiger partial charge in [0.15, 0.2) is 0 Å². The molecule has 1 aliphatic heterocycles. The van der Waals surface area contributed by atoms with Crippen LogP contribution in [-0.4, -0.2) is 35.6 Å². The van der Waals surface area contributed by atoms with Gasteiger partial charge in [-0.1, -0.05) is 29.3 Å². The molecule has 2 amide bonds. The molecule has 3 aromatic rings. The molecule has 0 aliphatic carbocycles. The van der Waals surface area contributed by atoms with Crippen LogP contribution in [0.1, 0.15) is 6.42 Å². The number of hydrogen-bond acceptors (Lipinski definition) is 4. The first kappa shape index (κ1) is 21.3. The second-order valence-corrected chi connectivity index (χ2v) is 8.07. The minimum atomic E-state index is -0.184. The number of likely N-dealkylation sites (tertiary alicyclic amines) is 1. The van der Waals surface area contributed by atoms with E-state index in [2.05, 4.69) is 10.3 Å². The number of anilines is 1. The summed E-state index contributed by atoms with van der Waals surface area (Å²) in [7, 11) is 0. The summed E-state index contributed by atoms with van der Waals surface area (Å²) in [6, 6.07) is 16.1. The first-order valence-electron chi connectivity index (χ1n) is 9.88. The van der Waals surface area contributed by atoms with Crippen LogP contribution in [0.3, 0.4) is 0 Å². The van der Waals surface area contributed by atoms with Gasteiger partial charge in [0.1, 0.15) is 17.2 Å². The summed E-state index contributed by atoms with van der Waals surface area (Å²) in [5, 5.41) is 3.93. The monoisotopic (exact) mass is 457 g/mol. The number of carbonyl (C=O) groups is 1. The molecule has 2 aromatic carbocycles. The van der Waals surface area contributed by atoms with Gasteiger partial charge in [-0.25, -0.2) is 4.79 Å². The number of hydrogen-bond donors (Lipinski definition) is 1. The number of carbonyl (C=O) groups excluding carboxylic acids is 1. The van der Waals surface area contributed by atoms with E-state index in [1.54, 1.807) is 29.3 Å². The van der Waals surface area contributed by atoms with Crippen molar-refractivity contribution in [1.82, 2.24) is 9.88 Å². The van der Waals surface area contributed by atoms with Crippen LogP contribution in [-0.2, 0) is 0 Å². The second-order valence-electron chi connectivity index (χ2n) is 7.23. The Morgan fingerprint density at radius 2 is 1.90 bits per heavy atom. The smallest absolute Gasteiger partial charge is 0.321 e. The summed E-state index contributed by atoms with van der Waals surface area (Å²) in [6.45, 7) is 1.80. The van der Waals surface area contributed by atoms with Crippen molar-refractivity contribution < 1.29 is 14.3 Å². The Hall–Kier alpha value is -2.96. The van der Waals surface area contributed by atoms with Gasteiger partial charge >= 0.3 is 6.03 Å². The van der Waals surface area contributed by atoms with Gasteiger partial charge in [0.05, 0.1) is 23.5 Å². The van der Waals surface area contributed by atoms with Gasteiger partial charge in [-0.05, 0) is 48.9 Å². The molecule has 1 aliphatic rings. The highest BCUT2D eigenvalue weighted by atomic mass is 35.5. The molecule has 0 radical (unpaired) electrons. The van der Waals surface area contributed by atoms with Crippen molar-refractivity contribution in [3.63, 3.8) is 0 Å². The quantitative estimate of drug-likeness (QED) is 0.484. The van der Waals surface area contributed by atoms with Crippen molar-refractivity contribution in [2.24, 2.45) is 5.92 Å². The fourth-order valence-corrected chi connectivity index (χ4v) is 3.58. The summed E-state index contributed by atoms with van der Waals surface area (Å²) < 4.78 is 11.8. The van der Waals surface area contributed by atoms with Crippen molar-refractivity contribution in [3.05, 3.63) is 77.0 Å². The normalized spacial score (nSPS) is 15.5. The van der Waals surface area contributed by atoms with Crippen LogP contribution in [0.5, 0.6) is 17.2 Å². The number of benzene rings is 2. The number of nitrogens with one attached hydrogen (secondary N) is 1. The maximum Gasteiger partial charge on any atom is 0.321 e. The van der Waals surface area contributed by atoms with Gasteiger partial charge in [0.2, 0.25) is 0 Å². The zero-order valence-corrected chi connectivity index (χ0v) is 18.1. The Kier molecular flexibility index (Phi) is 6.79. The third-order valence-corrected chi connectivity index (χ3v) is 5.50. The average molecular weight is 458 g/mol. The molecule has 1 saturated heterocycles. The zero-order chi connectivity index (χ0) is 21.6. The lowest BCUT2D eigenvalue weighted by molar-refractivity contribution is 0.214. The number of aromatic nitrogens is 1. The molecule has 8 heteroatoms. The lowest BCUT2D eigenvalue weighted by Crippen LogP contribution is -2.33. The van der Waals surface area contributed by atoms with Gasteiger partial charge in [-0.3, -0.25) is 4.98 Å². The molecule has 1 atom stereocenters. The van der Waals surface area contributed by atoms with Gasteiger partial charge in [0, 0.05) is 36.3 Å². The number of nitrogens with zero attached hydrogens (tertiary/aromatic N) is 2. The number of rotatable bonds is 6. The molecule has 2 heterocycles. The first-order valence-corrected chi connectivity index (χ1v) is 10.6. The van der Waals surface area contributed by atoms with E-state index in [1.807, 2.05) is 36.4 Å². The van der Waals surface area contributed by atoms with E-state index in [9.17, 15) is 4.79 Å². The minimum absolute atomic E-state index is 0.184. The SMILES string of the molecule is O=C(Nc1cnccc1Cl)N1CCC(COc2cccc(Oc3ccc(Cl)cc3)c2)C1. The third-order valence-electron chi connectivity index (χ3n) is 4.92. The van der Waals surface area contributed by atoms with Crippen molar-refractivity contribution in [3.8, 4) is 17.2 Å². The van der Waals surface area contributed by atoms with Crippen molar-refractivity contribution in [1.29, 1.82) is 0 Å². The molecule has 1 N–H and O–H groups in total. The van der Waals surface area contributed by atoms with Gasteiger partial charge in [-0.2, -0.15) is 0 Å². The van der Waals surface area contributed by atoms with Crippen LogP contribution in [0.2, 0.25) is 10.0 Å². The van der Waals surface area contributed by atoms with Gasteiger partial charge in [0.25, 0.3) is 0 Å². The maximum absolute atomic E-state index is 12.5. The van der Waals surface area contributed by atoms with E-state index in [4.69, 9.17) is 32.7 Å². The van der Waals surface area contributed by atoms with Crippen LogP contribution >= 0.6 is 23.2 Å². The molecule has 1 aromatic heterocycles. The summed E-state index contributed by atoms with van der Waals surface area (Å²) in [6.07, 6.45) is 3.99. The molecule has 160 valence electrons. The minimum Gasteiger partial charge on any atom is -0.493 e. The molecular formula is C23H21Cl2N3O3. The number of urea groups is 1. The molecule has 0 spiro atoms. The molecule has 4 rings (SSSR count). The number of amides is 2. The average Bonchev–Trinajstić information content (AvgIpc) is 3.25. The lowest BCUT2D eigenvalue weighted by Gasteiger charge is -2.18. The van der Waals surface area contributed by atoms with E-state index >= 15 is 0 Å². The fourth-order valence-electron chi connectivity index (χ4n) is 3.30. The summed E-state index contributed by atoms with van der Waals surface area (Å²) in [5.41, 5.74) is 0.506. The number of ether oxygens (including phenoxy) is 2. The van der Waals surface area contributed by atoms with E-state index in [1.165, 1.54) is 6.20 Å². The fraction of sp³-hybridized carbons (Fsp3) is 0.217. The van der Waals surface area contributed by atoms with Crippen molar-refractivity contribution in [2.75, 3.05) is 25.0 Å². The molecule has 6 nitrogen and oxygen atoms in total. The number of halogens is 2. The van der Waals surface area contributed by atoms with Crippen LogP contribution in [0.25, 0.3) is 0 Å². The molecular weight excluding hydrogens is 437 g/mol. The molecule has 31 heavy (non-hydrogen) atoms. The summed E-state index contributed by atoms with van der Waals surface area (Å²) in [5.74, 6) is 2.35. The summed E-state index contributed by atoms with van der Waals surface area (Å²) in [4.78, 5) is 18.2. The second kappa shape index (κ2) is 9.90. The van der Waals surface area contributed by atoms with Gasteiger partial charge < -0.3 is 19.7 Å². The van der Waals surface area contributed by atoms with Crippen LogP contribution in [0.4, 0.5) is 10.5 Å². The highest BCUT2D eigenvalue weighted by molar-refractivity contribution is 6.33. The zero-order valence-electron chi connectivity index (χ0n) is 16.6. The highest BCUT2D eigenvalue weighted by Crippen LogP contribution is 2.27. The van der Waals surface area contributed by atoms with Crippen LogP contribution in [0.15, 0.2) is 67.0 Å². The van der Waals surface area contributed by atoms with E-state index in [0.29, 0.717) is 46.9 Å². The van der Waals surface area contributed by atoms with E-state index in [-0.39, 0.29) is 11.9 Å². The maximum atomic E-state index is 12.5. The molecule has 1 unspecified atom stereocenters. The lowest BCUT2D eigenvalue weighted by atomic mass is 10.1. The molecule has 0 saturated carbocycles. The predicted molar refractivity (Wildman–Crippen MR) is 121 cm³/mol. The highest BCUT2D eigenvalue weighted by Gasteiger charge is 2.27. The Bertz CT molecular complexity index is 1050. The van der Waals surface area contributed by atoms with E-state index in [0.717, 1.165) is 12.2 Å². The Labute approximate surface area is 190 Å². The Morgan fingerprint density at radius 3 is 2.71 bits per heavy atom. The number of pyridine rings is 1. The topological polar surface area (TPSA) is 63.7 Å².